The van der Waals surface area contributed by atoms with E-state index in [0.717, 1.165) is 18.5 Å². The van der Waals surface area contributed by atoms with Crippen LogP contribution in [-0.2, 0) is 14.3 Å². The molecular formula is C22H32FN3O5. The molecule has 2 aliphatic rings. The maximum atomic E-state index is 13.3. The van der Waals surface area contributed by atoms with Gasteiger partial charge in [0.2, 0.25) is 5.88 Å². The van der Waals surface area contributed by atoms with Crippen LogP contribution >= 0.6 is 0 Å². The molecule has 1 aliphatic carbocycles. The number of methoxy groups -OCH3 is 1. The van der Waals surface area contributed by atoms with Crippen LogP contribution in [0, 0.1) is 5.92 Å². The summed E-state index contributed by atoms with van der Waals surface area (Å²) in [6, 6.07) is 2.65. The van der Waals surface area contributed by atoms with Gasteiger partial charge in [-0.3, -0.25) is 4.79 Å². The minimum Gasteiger partial charge on any atom is -0.476 e. The molecule has 31 heavy (non-hydrogen) atoms. The van der Waals surface area contributed by atoms with Gasteiger partial charge in [0, 0.05) is 26.1 Å². The standard InChI is InChI=1S/C22H32FN3O5/c1-4-6-7-18(22(28)30-5-2)24-20(27)17-8-9-19(26-11-15(12-26)29-3)21(25-17)31-13-14-10-16(14)23/h8-9,14-16,18H,4-7,10-13H2,1-3H3,(H,24,27). The van der Waals surface area contributed by atoms with Gasteiger partial charge in [0.1, 0.15) is 23.6 Å². The Morgan fingerprint density at radius 3 is 2.68 bits per heavy atom. The number of halogens is 1. The predicted octanol–water partition coefficient (Wildman–Crippen LogP) is 2.51. The Kier molecular flexibility index (Phi) is 8.06. The fraction of sp³-hybridized carbons (Fsp3) is 0.682. The number of unbranched alkanes of at least 4 members (excludes halogenated alkanes) is 1. The summed E-state index contributed by atoms with van der Waals surface area (Å²) in [7, 11) is 1.66. The molecule has 1 N–H and O–H groups in total. The molecule has 1 amide bonds. The number of hydrogen-bond acceptors (Lipinski definition) is 7. The second kappa shape index (κ2) is 10.7. The summed E-state index contributed by atoms with van der Waals surface area (Å²) in [5.74, 6) is -0.759. The zero-order chi connectivity index (χ0) is 22.4. The van der Waals surface area contributed by atoms with Gasteiger partial charge < -0.3 is 24.4 Å². The van der Waals surface area contributed by atoms with Crippen molar-refractivity contribution >= 4 is 17.6 Å². The summed E-state index contributed by atoms with van der Waals surface area (Å²) in [6.07, 6.45) is 1.97. The summed E-state index contributed by atoms with van der Waals surface area (Å²) in [5.41, 5.74) is 0.884. The van der Waals surface area contributed by atoms with Crippen LogP contribution in [0.1, 0.15) is 50.0 Å². The van der Waals surface area contributed by atoms with Crippen molar-refractivity contribution in [3.63, 3.8) is 0 Å². The van der Waals surface area contributed by atoms with Gasteiger partial charge in [-0.25, -0.2) is 14.2 Å². The Morgan fingerprint density at radius 1 is 1.32 bits per heavy atom. The highest BCUT2D eigenvalue weighted by molar-refractivity contribution is 5.95. The topological polar surface area (TPSA) is 90.0 Å². The molecule has 0 radical (unpaired) electrons. The van der Waals surface area contributed by atoms with Crippen LogP contribution in [0.4, 0.5) is 10.1 Å². The normalized spacial score (nSPS) is 21.2. The quantitative estimate of drug-likeness (QED) is 0.503. The third kappa shape index (κ3) is 6.06. The molecule has 0 spiro atoms. The first kappa shape index (κ1) is 23.2. The van der Waals surface area contributed by atoms with Gasteiger partial charge in [-0.2, -0.15) is 0 Å². The highest BCUT2D eigenvalue weighted by Crippen LogP contribution is 2.36. The first-order valence-electron chi connectivity index (χ1n) is 11.0. The van der Waals surface area contributed by atoms with E-state index in [0.29, 0.717) is 31.8 Å². The average molecular weight is 438 g/mol. The summed E-state index contributed by atoms with van der Waals surface area (Å²) in [5, 5.41) is 2.73. The van der Waals surface area contributed by atoms with Crippen molar-refractivity contribution in [2.75, 3.05) is 38.3 Å². The number of carbonyl (C=O) groups is 2. The number of alkyl halides is 1. The number of pyridine rings is 1. The molecule has 1 saturated heterocycles. The van der Waals surface area contributed by atoms with E-state index in [2.05, 4.69) is 10.3 Å². The number of anilines is 1. The molecule has 172 valence electrons. The van der Waals surface area contributed by atoms with Crippen molar-refractivity contribution in [1.29, 1.82) is 0 Å². The van der Waals surface area contributed by atoms with Gasteiger partial charge in [-0.05, 0) is 31.9 Å². The van der Waals surface area contributed by atoms with E-state index >= 15 is 0 Å². The van der Waals surface area contributed by atoms with Crippen LogP contribution in [0.2, 0.25) is 0 Å². The molecule has 1 aromatic rings. The molecule has 2 fully saturated rings. The highest BCUT2D eigenvalue weighted by atomic mass is 19.1. The van der Waals surface area contributed by atoms with Crippen LogP contribution in [0.15, 0.2) is 12.1 Å². The number of esters is 1. The zero-order valence-electron chi connectivity index (χ0n) is 18.4. The maximum absolute atomic E-state index is 13.3. The number of nitrogens with one attached hydrogen (secondary N) is 1. The molecule has 1 aliphatic heterocycles. The zero-order valence-corrected chi connectivity index (χ0v) is 18.4. The monoisotopic (exact) mass is 437 g/mol. The van der Waals surface area contributed by atoms with E-state index in [1.165, 1.54) is 0 Å². The lowest BCUT2D eigenvalue weighted by Crippen LogP contribution is -2.52. The third-order valence-corrected chi connectivity index (χ3v) is 5.59. The molecule has 3 rings (SSSR count). The number of carbonyl (C=O) groups excluding carboxylic acids is 2. The first-order valence-corrected chi connectivity index (χ1v) is 11.0. The van der Waals surface area contributed by atoms with Crippen molar-refractivity contribution in [3.05, 3.63) is 17.8 Å². The maximum Gasteiger partial charge on any atom is 0.328 e. The number of rotatable bonds is 12. The lowest BCUT2D eigenvalue weighted by molar-refractivity contribution is -0.145. The molecule has 0 aromatic carbocycles. The molecule has 0 bridgehead atoms. The van der Waals surface area contributed by atoms with Crippen molar-refractivity contribution in [2.24, 2.45) is 5.92 Å². The number of amides is 1. The van der Waals surface area contributed by atoms with Gasteiger partial charge >= 0.3 is 5.97 Å². The largest absolute Gasteiger partial charge is 0.476 e. The van der Waals surface area contributed by atoms with Crippen molar-refractivity contribution in [2.45, 2.75) is 57.8 Å². The number of ether oxygens (including phenoxy) is 3. The number of nitrogens with zero attached hydrogens (tertiary/aromatic N) is 2. The van der Waals surface area contributed by atoms with Gasteiger partial charge in [0.05, 0.1) is 19.3 Å². The minimum absolute atomic E-state index is 0.127. The van der Waals surface area contributed by atoms with Gasteiger partial charge in [0.15, 0.2) is 0 Å². The fourth-order valence-electron chi connectivity index (χ4n) is 3.39. The van der Waals surface area contributed by atoms with Crippen molar-refractivity contribution in [3.8, 4) is 5.88 Å². The Hall–Kier alpha value is -2.42. The first-order chi connectivity index (χ1) is 15.0. The Balaban J connectivity index is 1.72. The predicted molar refractivity (Wildman–Crippen MR) is 113 cm³/mol. The molecular weight excluding hydrogens is 405 g/mol. The van der Waals surface area contributed by atoms with Crippen LogP contribution < -0.4 is 15.0 Å². The molecule has 1 aromatic heterocycles. The van der Waals surface area contributed by atoms with Crippen molar-refractivity contribution < 1.29 is 28.2 Å². The van der Waals surface area contributed by atoms with Crippen LogP contribution in [0.25, 0.3) is 0 Å². The molecule has 3 unspecified atom stereocenters. The Bertz CT molecular complexity index is 772. The summed E-state index contributed by atoms with van der Waals surface area (Å²) < 4.78 is 29.5. The van der Waals surface area contributed by atoms with E-state index in [1.807, 2.05) is 11.8 Å². The second-order valence-electron chi connectivity index (χ2n) is 8.03. The smallest absolute Gasteiger partial charge is 0.328 e. The Labute approximate surface area is 182 Å². The molecule has 2 heterocycles. The van der Waals surface area contributed by atoms with Gasteiger partial charge in [-0.1, -0.05) is 19.8 Å². The summed E-state index contributed by atoms with van der Waals surface area (Å²) >= 11 is 0. The van der Waals surface area contributed by atoms with E-state index < -0.39 is 24.1 Å². The van der Waals surface area contributed by atoms with Gasteiger partial charge in [0.25, 0.3) is 5.91 Å². The molecule has 3 atom stereocenters. The van der Waals surface area contributed by atoms with Crippen LogP contribution in [-0.4, -0.2) is 68.6 Å². The lowest BCUT2D eigenvalue weighted by Gasteiger charge is -2.40. The minimum atomic E-state index is -0.833. The van der Waals surface area contributed by atoms with E-state index in [4.69, 9.17) is 14.2 Å². The average Bonchev–Trinajstić information content (AvgIpc) is 3.44. The number of aromatic nitrogens is 1. The highest BCUT2D eigenvalue weighted by Gasteiger charge is 2.38. The van der Waals surface area contributed by atoms with Gasteiger partial charge in [-0.15, -0.1) is 0 Å². The SMILES string of the molecule is CCCCC(NC(=O)c1ccc(N2CC(OC)C2)c(OCC2CC2F)n1)C(=O)OCC. The summed E-state index contributed by atoms with van der Waals surface area (Å²) in [6.45, 7) is 5.59. The van der Waals surface area contributed by atoms with E-state index in [9.17, 15) is 14.0 Å². The molecule has 1 saturated carbocycles. The second-order valence-corrected chi connectivity index (χ2v) is 8.03. The van der Waals surface area contributed by atoms with E-state index in [1.54, 1.807) is 26.2 Å². The van der Waals surface area contributed by atoms with Crippen molar-refractivity contribution in [1.82, 2.24) is 10.3 Å². The fourth-order valence-corrected chi connectivity index (χ4v) is 3.39. The summed E-state index contributed by atoms with van der Waals surface area (Å²) in [4.78, 5) is 31.5. The van der Waals surface area contributed by atoms with Crippen LogP contribution in [0.5, 0.6) is 5.88 Å². The van der Waals surface area contributed by atoms with Crippen LogP contribution in [0.3, 0.4) is 0 Å². The number of hydrogen-bond donors (Lipinski definition) is 1. The third-order valence-electron chi connectivity index (χ3n) is 5.59. The lowest BCUT2D eigenvalue weighted by atomic mass is 10.1. The molecule has 8 nitrogen and oxygen atoms in total. The molecule has 9 heteroatoms. The van der Waals surface area contributed by atoms with E-state index in [-0.39, 0.29) is 30.9 Å². The Morgan fingerprint density at radius 2 is 2.06 bits per heavy atom.